The first-order chi connectivity index (χ1) is 18.1. The number of carbonyl (C=O) groups is 2. The zero-order valence-electron chi connectivity index (χ0n) is 21.2. The van der Waals surface area contributed by atoms with E-state index in [2.05, 4.69) is 10.3 Å². The number of carbonyl (C=O) groups excluding carboxylic acids is 2. The first kappa shape index (κ1) is 27.1. The SMILES string of the molecule is CCc1c(C(=O)N2CCOc3ccc(-c4ccc(NCCC(N)=O)nc4)cc3C2)ccc(S(C)(=O)=O)c1F. The fourth-order valence-corrected chi connectivity index (χ4v) is 5.10. The number of nitrogens with zero attached hydrogens (tertiary/aromatic N) is 2. The van der Waals surface area contributed by atoms with Gasteiger partial charge in [-0.15, -0.1) is 0 Å². The molecule has 0 unspecified atom stereocenters. The third-order valence-electron chi connectivity index (χ3n) is 6.29. The van der Waals surface area contributed by atoms with Crippen LogP contribution in [-0.2, 0) is 27.6 Å². The number of nitrogens with two attached hydrogens (primary N) is 1. The molecular weight excluding hydrogens is 511 g/mol. The van der Waals surface area contributed by atoms with Crippen molar-refractivity contribution < 1.29 is 27.1 Å². The molecule has 0 radical (unpaired) electrons. The Balaban J connectivity index is 1.57. The topological polar surface area (TPSA) is 132 Å². The maximum absolute atomic E-state index is 15.0. The minimum absolute atomic E-state index is 0.0765. The second kappa shape index (κ2) is 11.2. The van der Waals surface area contributed by atoms with E-state index in [1.54, 1.807) is 24.1 Å². The van der Waals surface area contributed by atoms with Gasteiger partial charge in [0.1, 0.15) is 28.9 Å². The number of primary amides is 1. The van der Waals surface area contributed by atoms with Crippen LogP contribution in [0.3, 0.4) is 0 Å². The first-order valence-electron chi connectivity index (χ1n) is 12.1. The molecule has 4 rings (SSSR count). The predicted molar refractivity (Wildman–Crippen MR) is 141 cm³/mol. The maximum atomic E-state index is 15.0. The summed E-state index contributed by atoms with van der Waals surface area (Å²) in [6.45, 7) is 2.86. The number of hydrogen-bond donors (Lipinski definition) is 2. The Morgan fingerprint density at radius 1 is 1.16 bits per heavy atom. The first-order valence-corrected chi connectivity index (χ1v) is 14.0. The molecule has 1 aliphatic heterocycles. The number of halogens is 1. The smallest absolute Gasteiger partial charge is 0.254 e. The molecule has 1 aliphatic rings. The highest BCUT2D eigenvalue weighted by atomic mass is 32.2. The van der Waals surface area contributed by atoms with Crippen molar-refractivity contribution in [2.75, 3.05) is 31.3 Å². The standard InChI is InChI=1S/C27H29FN4O5S/c1-3-20-21(6-8-23(26(20)28)38(2,35)36)27(34)32-12-13-37-22-7-4-17(14-19(22)16-32)18-5-9-25(31-15-18)30-11-10-24(29)33/h4-9,14-15H,3,10-13,16H2,1-2H3,(H2,29,33)(H,30,31). The summed E-state index contributed by atoms with van der Waals surface area (Å²) in [5, 5.41) is 3.04. The highest BCUT2D eigenvalue weighted by Gasteiger charge is 2.27. The lowest BCUT2D eigenvalue weighted by molar-refractivity contribution is -0.117. The summed E-state index contributed by atoms with van der Waals surface area (Å²) in [4.78, 5) is 29.9. The van der Waals surface area contributed by atoms with Gasteiger partial charge in [0, 0.05) is 54.2 Å². The molecule has 0 aliphatic carbocycles. The lowest BCUT2D eigenvalue weighted by Gasteiger charge is -2.22. The molecule has 200 valence electrons. The van der Waals surface area contributed by atoms with Crippen LogP contribution in [0, 0.1) is 5.82 Å². The van der Waals surface area contributed by atoms with Crippen molar-refractivity contribution in [2.45, 2.75) is 31.2 Å². The molecular formula is C27H29FN4O5S. The molecule has 0 atom stereocenters. The Kier molecular flexibility index (Phi) is 7.96. The van der Waals surface area contributed by atoms with Gasteiger partial charge >= 0.3 is 0 Å². The van der Waals surface area contributed by atoms with Gasteiger partial charge in [-0.05, 0) is 48.4 Å². The zero-order valence-corrected chi connectivity index (χ0v) is 22.0. The summed E-state index contributed by atoms with van der Waals surface area (Å²) in [7, 11) is -3.77. The molecule has 9 nitrogen and oxygen atoms in total. The maximum Gasteiger partial charge on any atom is 0.254 e. The molecule has 0 saturated heterocycles. The van der Waals surface area contributed by atoms with Gasteiger partial charge in [0.15, 0.2) is 9.84 Å². The lowest BCUT2D eigenvalue weighted by atomic mass is 10.0. The number of aromatic nitrogens is 1. The highest BCUT2D eigenvalue weighted by Crippen LogP contribution is 2.31. The molecule has 2 heterocycles. The number of nitrogens with one attached hydrogen (secondary N) is 1. The van der Waals surface area contributed by atoms with Gasteiger partial charge in [-0.25, -0.2) is 17.8 Å². The van der Waals surface area contributed by atoms with E-state index in [9.17, 15) is 18.0 Å². The Morgan fingerprint density at radius 3 is 2.58 bits per heavy atom. The van der Waals surface area contributed by atoms with Crippen molar-refractivity contribution in [3.05, 3.63) is 71.2 Å². The zero-order chi connectivity index (χ0) is 27.4. The summed E-state index contributed by atoms with van der Waals surface area (Å²) >= 11 is 0. The van der Waals surface area contributed by atoms with Gasteiger partial charge in [0.05, 0.1) is 6.54 Å². The van der Waals surface area contributed by atoms with Crippen molar-refractivity contribution in [1.29, 1.82) is 0 Å². The number of benzene rings is 2. The van der Waals surface area contributed by atoms with E-state index in [1.165, 1.54) is 6.07 Å². The number of ether oxygens (including phenoxy) is 1. The van der Waals surface area contributed by atoms with E-state index in [0.29, 0.717) is 18.1 Å². The van der Waals surface area contributed by atoms with Crippen LogP contribution in [0.5, 0.6) is 5.75 Å². The minimum Gasteiger partial charge on any atom is -0.491 e. The van der Waals surface area contributed by atoms with E-state index in [0.717, 1.165) is 29.0 Å². The van der Waals surface area contributed by atoms with Crippen LogP contribution in [0.15, 0.2) is 53.6 Å². The summed E-state index contributed by atoms with van der Waals surface area (Å²) in [6, 6.07) is 11.9. The summed E-state index contributed by atoms with van der Waals surface area (Å²) in [6.07, 6.45) is 3.02. The molecule has 2 aromatic carbocycles. The quantitative estimate of drug-likeness (QED) is 0.449. The van der Waals surface area contributed by atoms with E-state index in [1.807, 2.05) is 24.3 Å². The predicted octanol–water partition coefficient (Wildman–Crippen LogP) is 3.18. The Labute approximate surface area is 220 Å². The van der Waals surface area contributed by atoms with Crippen molar-refractivity contribution in [2.24, 2.45) is 5.73 Å². The monoisotopic (exact) mass is 540 g/mol. The second-order valence-corrected chi connectivity index (χ2v) is 11.0. The molecule has 1 aromatic heterocycles. The number of anilines is 1. The Morgan fingerprint density at radius 2 is 1.92 bits per heavy atom. The number of fused-ring (bicyclic) bond motifs is 1. The molecule has 0 spiro atoms. The third kappa shape index (κ3) is 5.94. The number of rotatable bonds is 8. The van der Waals surface area contributed by atoms with Gasteiger partial charge in [-0.2, -0.15) is 0 Å². The van der Waals surface area contributed by atoms with Gasteiger partial charge in [0.25, 0.3) is 5.91 Å². The van der Waals surface area contributed by atoms with Crippen LogP contribution in [0.25, 0.3) is 11.1 Å². The van der Waals surface area contributed by atoms with Crippen LogP contribution in [0.1, 0.15) is 34.8 Å². The molecule has 11 heteroatoms. The normalized spacial score (nSPS) is 13.3. The van der Waals surface area contributed by atoms with E-state index < -0.39 is 32.4 Å². The van der Waals surface area contributed by atoms with Crippen LogP contribution in [-0.4, -0.2) is 56.1 Å². The lowest BCUT2D eigenvalue weighted by Crippen LogP contribution is -2.33. The summed E-state index contributed by atoms with van der Waals surface area (Å²) < 4.78 is 44.8. The van der Waals surface area contributed by atoms with E-state index in [4.69, 9.17) is 10.5 Å². The Bertz CT molecular complexity index is 1480. The van der Waals surface area contributed by atoms with Crippen molar-refractivity contribution in [3.63, 3.8) is 0 Å². The van der Waals surface area contributed by atoms with E-state index >= 15 is 4.39 Å². The second-order valence-electron chi connectivity index (χ2n) is 9.00. The third-order valence-corrected chi connectivity index (χ3v) is 7.41. The molecule has 3 aromatic rings. The number of hydrogen-bond acceptors (Lipinski definition) is 7. The van der Waals surface area contributed by atoms with Crippen molar-refractivity contribution in [1.82, 2.24) is 9.88 Å². The summed E-state index contributed by atoms with van der Waals surface area (Å²) in [5.41, 5.74) is 7.87. The number of pyridine rings is 1. The fraction of sp³-hybridized carbons (Fsp3) is 0.296. The van der Waals surface area contributed by atoms with Gasteiger partial charge < -0.3 is 20.7 Å². The average Bonchev–Trinajstić information content (AvgIpc) is 3.09. The van der Waals surface area contributed by atoms with Crippen molar-refractivity contribution >= 4 is 27.5 Å². The largest absolute Gasteiger partial charge is 0.491 e. The van der Waals surface area contributed by atoms with E-state index in [-0.39, 0.29) is 43.7 Å². The highest BCUT2D eigenvalue weighted by molar-refractivity contribution is 7.90. The van der Waals surface area contributed by atoms with Gasteiger partial charge in [0.2, 0.25) is 5.91 Å². The minimum atomic E-state index is -3.77. The average molecular weight is 541 g/mol. The van der Waals surface area contributed by atoms with Gasteiger partial charge in [-0.3, -0.25) is 9.59 Å². The molecule has 3 N–H and O–H groups in total. The molecule has 0 saturated carbocycles. The number of sulfone groups is 1. The van der Waals surface area contributed by atoms with Crippen LogP contribution in [0.4, 0.5) is 10.2 Å². The molecule has 0 bridgehead atoms. The van der Waals surface area contributed by atoms with Crippen LogP contribution in [0.2, 0.25) is 0 Å². The fourth-order valence-electron chi connectivity index (χ4n) is 4.33. The Hall–Kier alpha value is -3.99. The number of amides is 2. The van der Waals surface area contributed by atoms with Crippen molar-refractivity contribution in [3.8, 4) is 16.9 Å². The molecule has 0 fully saturated rings. The molecule has 38 heavy (non-hydrogen) atoms. The molecule has 2 amide bonds. The summed E-state index contributed by atoms with van der Waals surface area (Å²) in [5.74, 6) is -0.400. The van der Waals surface area contributed by atoms with Crippen LogP contribution >= 0.6 is 0 Å². The van der Waals surface area contributed by atoms with Gasteiger partial charge in [-0.1, -0.05) is 13.0 Å². The van der Waals surface area contributed by atoms with Crippen LogP contribution < -0.4 is 15.8 Å².